The number of rotatable bonds is 2. The van der Waals surface area contributed by atoms with Gasteiger partial charge in [-0.25, -0.2) is 4.79 Å². The van der Waals surface area contributed by atoms with E-state index in [9.17, 15) is 4.79 Å². The topological polar surface area (TPSA) is 93.4 Å². The van der Waals surface area contributed by atoms with Crippen molar-refractivity contribution in [3.05, 3.63) is 18.2 Å². The summed E-state index contributed by atoms with van der Waals surface area (Å²) in [5.74, 6) is 0.646. The van der Waals surface area contributed by atoms with Crippen LogP contribution in [0, 0.1) is 0 Å². The van der Waals surface area contributed by atoms with Gasteiger partial charge in [-0.1, -0.05) is 0 Å². The molecule has 1 aliphatic heterocycles. The Bertz CT molecular complexity index is 658. The van der Waals surface area contributed by atoms with E-state index in [2.05, 4.69) is 15.5 Å². The lowest BCUT2D eigenvalue weighted by molar-refractivity contribution is 0.181. The maximum atomic E-state index is 11.6. The minimum atomic E-state index is -0.352. The van der Waals surface area contributed by atoms with E-state index in [1.807, 2.05) is 12.1 Å². The fourth-order valence-corrected chi connectivity index (χ4v) is 2.08. The van der Waals surface area contributed by atoms with Gasteiger partial charge in [-0.05, 0) is 18.2 Å². The number of hydrogen-bond donors (Lipinski definition) is 2. The van der Waals surface area contributed by atoms with Crippen LogP contribution in [0.15, 0.2) is 18.2 Å². The van der Waals surface area contributed by atoms with Gasteiger partial charge in [0.25, 0.3) is 0 Å². The molecule has 2 heterocycles. The summed E-state index contributed by atoms with van der Waals surface area (Å²) in [6, 6.07) is 5.40. The summed E-state index contributed by atoms with van der Waals surface area (Å²) in [5, 5.41) is 11.8. The van der Waals surface area contributed by atoms with Crippen molar-refractivity contribution in [2.75, 3.05) is 36.1 Å². The van der Waals surface area contributed by atoms with Gasteiger partial charge < -0.3 is 15.8 Å². The smallest absolute Gasteiger partial charge is 0.414 e. The number of ether oxygens (including phenoxy) is 1. The zero-order chi connectivity index (χ0) is 13.4. The van der Waals surface area contributed by atoms with Crippen LogP contribution in [0.2, 0.25) is 0 Å². The summed E-state index contributed by atoms with van der Waals surface area (Å²) >= 11 is 0. The number of cyclic esters (lactones) is 1. The van der Waals surface area contributed by atoms with E-state index >= 15 is 0 Å². The second-order valence-corrected chi connectivity index (χ2v) is 4.22. The first-order chi connectivity index (χ1) is 9.19. The Morgan fingerprint density at radius 3 is 2.89 bits per heavy atom. The number of fused-ring (bicyclic) bond motifs is 1. The normalized spacial score (nSPS) is 14.8. The van der Waals surface area contributed by atoms with Crippen LogP contribution in [0.4, 0.5) is 22.0 Å². The molecule has 0 spiro atoms. The highest BCUT2D eigenvalue weighted by atomic mass is 16.6. The Balaban J connectivity index is 2.14. The van der Waals surface area contributed by atoms with Crippen LogP contribution in [0.5, 0.6) is 0 Å². The molecule has 1 aromatic carbocycles. The fraction of sp³-hybridized carbons (Fsp3) is 0.250. The van der Waals surface area contributed by atoms with Crippen LogP contribution in [-0.4, -0.2) is 36.5 Å². The lowest BCUT2D eigenvalue weighted by Crippen LogP contribution is -2.23. The first kappa shape index (κ1) is 11.5. The lowest BCUT2D eigenvalue weighted by atomic mass is 10.1. The van der Waals surface area contributed by atoms with Crippen LogP contribution < -0.4 is 16.0 Å². The highest BCUT2D eigenvalue weighted by Crippen LogP contribution is 2.28. The number of carbonyl (C=O) groups is 1. The molecule has 0 bridgehead atoms. The average molecular weight is 259 g/mol. The number of amides is 1. The van der Waals surface area contributed by atoms with Crippen LogP contribution in [-0.2, 0) is 4.74 Å². The van der Waals surface area contributed by atoms with Gasteiger partial charge in [0.05, 0.1) is 12.2 Å². The van der Waals surface area contributed by atoms with E-state index < -0.39 is 0 Å². The lowest BCUT2D eigenvalue weighted by Gasteiger charge is -2.14. The molecule has 7 heteroatoms. The van der Waals surface area contributed by atoms with E-state index in [4.69, 9.17) is 10.5 Å². The summed E-state index contributed by atoms with van der Waals surface area (Å²) in [6.45, 7) is 0.925. The standard InChI is InChI=1S/C12H13N5O2/c1-14-10-5-7-4-8(17-2-3-19-12(17)18)6-9(13)11(7)16-15-10/h4-6H,2-3,13H2,1H3,(H,14,15). The van der Waals surface area contributed by atoms with Gasteiger partial charge >= 0.3 is 6.09 Å². The molecule has 0 radical (unpaired) electrons. The third-order valence-corrected chi connectivity index (χ3v) is 3.03. The first-order valence-electron chi connectivity index (χ1n) is 5.88. The van der Waals surface area contributed by atoms with E-state index in [1.165, 1.54) is 0 Å². The molecule has 3 rings (SSSR count). The van der Waals surface area contributed by atoms with Gasteiger partial charge in [-0.15, -0.1) is 10.2 Å². The molecule has 3 N–H and O–H groups in total. The van der Waals surface area contributed by atoms with E-state index in [1.54, 1.807) is 18.0 Å². The van der Waals surface area contributed by atoms with Crippen LogP contribution in [0.25, 0.3) is 10.9 Å². The minimum Gasteiger partial charge on any atom is -0.447 e. The molecule has 19 heavy (non-hydrogen) atoms. The van der Waals surface area contributed by atoms with Crippen molar-refractivity contribution >= 4 is 34.2 Å². The first-order valence-corrected chi connectivity index (χ1v) is 5.88. The summed E-state index contributed by atoms with van der Waals surface area (Å²) in [6.07, 6.45) is -0.352. The number of benzene rings is 1. The van der Waals surface area contributed by atoms with Crippen LogP contribution in [0.3, 0.4) is 0 Å². The molecule has 1 fully saturated rings. The summed E-state index contributed by atoms with van der Waals surface area (Å²) in [7, 11) is 1.76. The van der Waals surface area contributed by atoms with Crippen LogP contribution in [0.1, 0.15) is 0 Å². The molecule has 1 aliphatic rings. The number of carbonyl (C=O) groups excluding carboxylic acids is 1. The zero-order valence-electron chi connectivity index (χ0n) is 10.4. The Hall–Kier alpha value is -2.57. The molecule has 1 saturated heterocycles. The van der Waals surface area contributed by atoms with Crippen molar-refractivity contribution in [2.24, 2.45) is 0 Å². The van der Waals surface area contributed by atoms with Crippen LogP contribution >= 0.6 is 0 Å². The highest BCUT2D eigenvalue weighted by Gasteiger charge is 2.24. The van der Waals surface area contributed by atoms with Gasteiger partial charge in [0.15, 0.2) is 0 Å². The van der Waals surface area contributed by atoms with E-state index in [0.29, 0.717) is 35.9 Å². The molecule has 1 aromatic heterocycles. The number of anilines is 3. The number of nitrogens with zero attached hydrogens (tertiary/aromatic N) is 3. The number of nitrogens with one attached hydrogen (secondary N) is 1. The van der Waals surface area contributed by atoms with E-state index in [-0.39, 0.29) is 6.09 Å². The number of nitrogen functional groups attached to an aromatic ring is 1. The maximum absolute atomic E-state index is 11.6. The predicted octanol–water partition coefficient (Wildman–Crippen LogP) is 1.21. The Morgan fingerprint density at radius 1 is 1.37 bits per heavy atom. The largest absolute Gasteiger partial charge is 0.447 e. The quantitative estimate of drug-likeness (QED) is 0.787. The van der Waals surface area contributed by atoms with Crippen molar-refractivity contribution in [3.8, 4) is 0 Å². The molecule has 1 amide bonds. The molecular weight excluding hydrogens is 246 g/mol. The Labute approximate surface area is 109 Å². The van der Waals surface area contributed by atoms with Crippen molar-refractivity contribution < 1.29 is 9.53 Å². The molecular formula is C12H13N5O2. The third kappa shape index (κ3) is 1.88. The van der Waals surface area contributed by atoms with Gasteiger partial charge in [0.1, 0.15) is 17.9 Å². The number of nitrogens with two attached hydrogens (primary N) is 1. The highest BCUT2D eigenvalue weighted by molar-refractivity contribution is 5.98. The SMILES string of the molecule is CNc1cc2cc(N3CCOC3=O)cc(N)c2nn1. The zero-order valence-corrected chi connectivity index (χ0v) is 10.4. The molecule has 0 aliphatic carbocycles. The second kappa shape index (κ2) is 4.27. The van der Waals surface area contributed by atoms with Gasteiger partial charge in [-0.3, -0.25) is 4.90 Å². The summed E-state index contributed by atoms with van der Waals surface area (Å²) < 4.78 is 4.92. The fourth-order valence-electron chi connectivity index (χ4n) is 2.08. The van der Waals surface area contributed by atoms with E-state index in [0.717, 1.165) is 5.39 Å². The monoisotopic (exact) mass is 259 g/mol. The molecule has 0 saturated carbocycles. The third-order valence-electron chi connectivity index (χ3n) is 3.03. The van der Waals surface area contributed by atoms with Gasteiger partial charge in [0.2, 0.25) is 0 Å². The van der Waals surface area contributed by atoms with Gasteiger partial charge in [0, 0.05) is 18.1 Å². The van der Waals surface area contributed by atoms with Crippen molar-refractivity contribution in [1.82, 2.24) is 10.2 Å². The molecule has 0 atom stereocenters. The summed E-state index contributed by atoms with van der Waals surface area (Å²) in [5.41, 5.74) is 7.78. The van der Waals surface area contributed by atoms with Gasteiger partial charge in [-0.2, -0.15) is 0 Å². The molecule has 98 valence electrons. The molecule has 2 aromatic rings. The average Bonchev–Trinajstić information content (AvgIpc) is 2.84. The van der Waals surface area contributed by atoms with Crippen molar-refractivity contribution in [1.29, 1.82) is 0 Å². The summed E-state index contributed by atoms with van der Waals surface area (Å²) in [4.78, 5) is 13.1. The number of hydrogen-bond acceptors (Lipinski definition) is 6. The van der Waals surface area contributed by atoms with Crippen molar-refractivity contribution in [2.45, 2.75) is 0 Å². The second-order valence-electron chi connectivity index (χ2n) is 4.22. The number of aromatic nitrogens is 2. The Kier molecular flexibility index (Phi) is 2.59. The molecule has 0 unspecified atom stereocenters. The van der Waals surface area contributed by atoms with Crippen molar-refractivity contribution in [3.63, 3.8) is 0 Å². The Morgan fingerprint density at radius 2 is 2.21 bits per heavy atom. The maximum Gasteiger partial charge on any atom is 0.414 e. The minimum absolute atomic E-state index is 0.352. The predicted molar refractivity (Wildman–Crippen MR) is 72.2 cm³/mol. The molecule has 7 nitrogen and oxygen atoms in total.